The Balaban J connectivity index is 3.07. The number of nitrogens with zero attached hydrogens (tertiary/aromatic N) is 2. The van der Waals surface area contributed by atoms with Gasteiger partial charge < -0.3 is 15.3 Å². The van der Waals surface area contributed by atoms with Crippen LogP contribution in [0.1, 0.15) is 25.0 Å². The summed E-state index contributed by atoms with van der Waals surface area (Å²) in [6.45, 7) is 8.35. The Bertz CT molecular complexity index is 447. The lowest BCUT2D eigenvalue weighted by molar-refractivity contribution is 0.239. The summed E-state index contributed by atoms with van der Waals surface area (Å²) in [5, 5.41) is 12.8. The van der Waals surface area contributed by atoms with Crippen molar-refractivity contribution in [3.05, 3.63) is 29.3 Å². The molecular weight excluding hydrogens is 250 g/mol. The molecule has 0 saturated carbocycles. The fraction of sp³-hybridized carbons (Fsp3) is 0.562. The van der Waals surface area contributed by atoms with Gasteiger partial charge in [0.15, 0.2) is 5.96 Å². The molecule has 0 heterocycles. The molecule has 0 aliphatic carbocycles. The molecule has 20 heavy (non-hydrogen) atoms. The van der Waals surface area contributed by atoms with Crippen LogP contribution in [0.2, 0.25) is 0 Å². The van der Waals surface area contributed by atoms with Gasteiger partial charge in [-0.1, -0.05) is 32.0 Å². The molecule has 0 aliphatic rings. The van der Waals surface area contributed by atoms with E-state index in [1.54, 1.807) is 0 Å². The zero-order valence-corrected chi connectivity index (χ0v) is 13.4. The zero-order valence-electron chi connectivity index (χ0n) is 13.4. The predicted octanol–water partition coefficient (Wildman–Crippen LogP) is 2.65. The summed E-state index contributed by atoms with van der Waals surface area (Å²) in [5.41, 5.74) is 3.45. The second-order valence-electron chi connectivity index (χ2n) is 5.73. The molecule has 1 aromatic rings. The van der Waals surface area contributed by atoms with Gasteiger partial charge in [-0.25, -0.2) is 4.99 Å². The predicted molar refractivity (Wildman–Crippen MR) is 86.4 cm³/mol. The number of guanidine groups is 1. The Morgan fingerprint density at radius 1 is 1.25 bits per heavy atom. The molecule has 0 fully saturated rings. The van der Waals surface area contributed by atoms with Crippen molar-refractivity contribution in [2.45, 2.75) is 33.7 Å². The average Bonchev–Trinajstić information content (AvgIpc) is 2.36. The summed E-state index contributed by atoms with van der Waals surface area (Å²) in [4.78, 5) is 6.59. The van der Waals surface area contributed by atoms with Gasteiger partial charge in [0.05, 0.1) is 12.6 Å². The lowest BCUT2D eigenvalue weighted by atomic mass is 10.1. The first-order valence-corrected chi connectivity index (χ1v) is 7.06. The lowest BCUT2D eigenvalue weighted by Crippen LogP contribution is -2.33. The molecule has 0 saturated heterocycles. The van der Waals surface area contributed by atoms with Crippen molar-refractivity contribution in [3.63, 3.8) is 0 Å². The molecule has 4 heteroatoms. The first-order chi connectivity index (χ1) is 9.36. The van der Waals surface area contributed by atoms with E-state index >= 15 is 0 Å². The fourth-order valence-electron chi connectivity index (χ4n) is 1.94. The third-order valence-electron chi connectivity index (χ3n) is 3.39. The highest BCUT2D eigenvalue weighted by atomic mass is 16.3. The molecule has 4 nitrogen and oxygen atoms in total. The van der Waals surface area contributed by atoms with E-state index in [0.717, 1.165) is 11.6 Å². The lowest BCUT2D eigenvalue weighted by Gasteiger charge is -2.23. The summed E-state index contributed by atoms with van der Waals surface area (Å²) in [7, 11) is 3.91. The molecule has 0 spiro atoms. The number of benzene rings is 1. The summed E-state index contributed by atoms with van der Waals surface area (Å²) in [5.74, 6) is 1.07. The summed E-state index contributed by atoms with van der Waals surface area (Å²) >= 11 is 0. The summed E-state index contributed by atoms with van der Waals surface area (Å²) < 4.78 is 0. The Morgan fingerprint density at radius 2 is 1.80 bits per heavy atom. The third kappa shape index (κ3) is 4.23. The van der Waals surface area contributed by atoms with E-state index in [1.807, 2.05) is 25.1 Å². The van der Waals surface area contributed by atoms with Crippen LogP contribution in [0.25, 0.3) is 0 Å². The van der Waals surface area contributed by atoms with Gasteiger partial charge in [-0.05, 0) is 30.9 Å². The number of hydrogen-bond donors (Lipinski definition) is 2. The van der Waals surface area contributed by atoms with E-state index in [9.17, 15) is 5.11 Å². The van der Waals surface area contributed by atoms with Crippen LogP contribution in [0.4, 0.5) is 5.69 Å². The van der Waals surface area contributed by atoms with Crippen LogP contribution in [0.15, 0.2) is 23.2 Å². The average molecular weight is 277 g/mol. The van der Waals surface area contributed by atoms with Crippen molar-refractivity contribution in [1.29, 1.82) is 0 Å². The van der Waals surface area contributed by atoms with Crippen LogP contribution < -0.4 is 5.32 Å². The number of aliphatic hydroxyl groups excluding tert-OH is 1. The van der Waals surface area contributed by atoms with Gasteiger partial charge in [-0.15, -0.1) is 0 Å². The van der Waals surface area contributed by atoms with Gasteiger partial charge in [-0.3, -0.25) is 0 Å². The SMILES string of the molecule is Cc1cccc(C)c1NC(=N[C@H](CO)C(C)C)N(C)C. The van der Waals surface area contributed by atoms with E-state index in [-0.39, 0.29) is 12.6 Å². The van der Waals surface area contributed by atoms with Crippen LogP contribution in [0.3, 0.4) is 0 Å². The van der Waals surface area contributed by atoms with Crippen LogP contribution >= 0.6 is 0 Å². The zero-order chi connectivity index (χ0) is 15.3. The minimum Gasteiger partial charge on any atom is -0.394 e. The molecule has 1 atom stereocenters. The van der Waals surface area contributed by atoms with E-state index in [1.165, 1.54) is 11.1 Å². The highest BCUT2D eigenvalue weighted by Crippen LogP contribution is 2.20. The maximum atomic E-state index is 9.45. The number of aliphatic imine (C=N–C) groups is 1. The monoisotopic (exact) mass is 277 g/mol. The molecule has 0 radical (unpaired) electrons. The van der Waals surface area contributed by atoms with Gasteiger partial charge in [0, 0.05) is 19.8 Å². The fourth-order valence-corrected chi connectivity index (χ4v) is 1.94. The first-order valence-electron chi connectivity index (χ1n) is 7.06. The Labute approximate surface area is 122 Å². The number of para-hydroxylation sites is 1. The number of aryl methyl sites for hydroxylation is 2. The second-order valence-corrected chi connectivity index (χ2v) is 5.73. The normalized spacial score (nSPS) is 13.5. The number of aliphatic hydroxyl groups is 1. The Kier molecular flexibility index (Phi) is 6.02. The second kappa shape index (κ2) is 7.29. The molecule has 0 aliphatic heterocycles. The van der Waals surface area contributed by atoms with Gasteiger partial charge >= 0.3 is 0 Å². The number of anilines is 1. The quantitative estimate of drug-likeness (QED) is 0.657. The maximum Gasteiger partial charge on any atom is 0.198 e. The van der Waals surface area contributed by atoms with Crippen molar-refractivity contribution >= 4 is 11.6 Å². The van der Waals surface area contributed by atoms with Crippen molar-refractivity contribution < 1.29 is 5.11 Å². The van der Waals surface area contributed by atoms with Crippen LogP contribution in [0, 0.1) is 19.8 Å². The molecule has 1 aromatic carbocycles. The molecule has 0 aromatic heterocycles. The molecule has 0 unspecified atom stereocenters. The molecule has 1 rings (SSSR count). The number of hydrogen-bond acceptors (Lipinski definition) is 2. The molecule has 0 bridgehead atoms. The van der Waals surface area contributed by atoms with E-state index in [0.29, 0.717) is 5.92 Å². The standard InChI is InChI=1S/C16H27N3O/c1-11(2)14(10-20)17-16(19(5)6)18-15-12(3)8-7-9-13(15)4/h7-9,11,14,20H,10H2,1-6H3,(H,17,18)/t14-/m1/s1. The highest BCUT2D eigenvalue weighted by molar-refractivity contribution is 5.94. The smallest absolute Gasteiger partial charge is 0.198 e. The van der Waals surface area contributed by atoms with Gasteiger partial charge in [0.25, 0.3) is 0 Å². The number of rotatable bonds is 4. The van der Waals surface area contributed by atoms with Gasteiger partial charge in [0.2, 0.25) is 0 Å². The summed E-state index contributed by atoms with van der Waals surface area (Å²) in [6.07, 6.45) is 0. The third-order valence-corrected chi connectivity index (χ3v) is 3.39. The van der Waals surface area contributed by atoms with E-state index < -0.39 is 0 Å². The minimum atomic E-state index is -0.0933. The van der Waals surface area contributed by atoms with Crippen molar-refractivity contribution in [1.82, 2.24) is 4.90 Å². The maximum absolute atomic E-state index is 9.45. The van der Waals surface area contributed by atoms with Crippen molar-refractivity contribution in [3.8, 4) is 0 Å². The van der Waals surface area contributed by atoms with Crippen LogP contribution in [-0.4, -0.2) is 42.7 Å². The van der Waals surface area contributed by atoms with Crippen LogP contribution in [-0.2, 0) is 0 Å². The largest absolute Gasteiger partial charge is 0.394 e. The van der Waals surface area contributed by atoms with Gasteiger partial charge in [0.1, 0.15) is 0 Å². The first kappa shape index (κ1) is 16.5. The topological polar surface area (TPSA) is 47.9 Å². The number of nitrogens with one attached hydrogen (secondary N) is 1. The van der Waals surface area contributed by atoms with Crippen LogP contribution in [0.5, 0.6) is 0 Å². The Hall–Kier alpha value is -1.55. The molecule has 112 valence electrons. The van der Waals surface area contributed by atoms with Crippen molar-refractivity contribution in [2.24, 2.45) is 10.9 Å². The summed E-state index contributed by atoms with van der Waals surface area (Å²) in [6, 6.07) is 6.11. The highest BCUT2D eigenvalue weighted by Gasteiger charge is 2.14. The Morgan fingerprint density at radius 3 is 2.20 bits per heavy atom. The van der Waals surface area contributed by atoms with E-state index in [4.69, 9.17) is 0 Å². The van der Waals surface area contributed by atoms with E-state index in [2.05, 4.69) is 50.1 Å². The molecular formula is C16H27N3O. The molecule has 0 amide bonds. The van der Waals surface area contributed by atoms with Gasteiger partial charge in [-0.2, -0.15) is 0 Å². The minimum absolute atomic E-state index is 0.0590. The molecule has 2 N–H and O–H groups in total. The van der Waals surface area contributed by atoms with Crippen molar-refractivity contribution in [2.75, 3.05) is 26.0 Å².